The van der Waals surface area contributed by atoms with E-state index in [0.29, 0.717) is 30.7 Å². The number of aliphatic carboxylic acids is 1. The minimum atomic E-state index is -0.913. The van der Waals surface area contributed by atoms with Gasteiger partial charge in [0.05, 0.1) is 5.37 Å². The molecule has 0 bridgehead atoms. The van der Waals surface area contributed by atoms with Crippen LogP contribution in [0.3, 0.4) is 0 Å². The van der Waals surface area contributed by atoms with Crippen LogP contribution in [-0.2, 0) is 4.79 Å². The first-order valence-electron chi connectivity index (χ1n) is 7.15. The Kier molecular flexibility index (Phi) is 6.17. The van der Waals surface area contributed by atoms with Crippen LogP contribution in [-0.4, -0.2) is 57.2 Å². The van der Waals surface area contributed by atoms with Crippen LogP contribution in [0, 0.1) is 11.8 Å². The summed E-state index contributed by atoms with van der Waals surface area (Å²) in [6.45, 7) is 11.5. The highest BCUT2D eigenvalue weighted by atomic mass is 32.2. The Morgan fingerprint density at radius 2 is 1.75 bits per heavy atom. The van der Waals surface area contributed by atoms with Gasteiger partial charge in [-0.2, -0.15) is 0 Å². The predicted molar refractivity (Wildman–Crippen MR) is 81.8 cm³/mol. The van der Waals surface area contributed by atoms with Gasteiger partial charge in [0.15, 0.2) is 0 Å². The lowest BCUT2D eigenvalue weighted by molar-refractivity contribution is -0.141. The van der Waals surface area contributed by atoms with Crippen LogP contribution in [0.15, 0.2) is 0 Å². The van der Waals surface area contributed by atoms with E-state index in [4.69, 9.17) is 0 Å². The molecule has 0 aromatic carbocycles. The molecule has 1 rings (SSSR count). The van der Waals surface area contributed by atoms with Gasteiger partial charge >= 0.3 is 12.0 Å². The van der Waals surface area contributed by atoms with Gasteiger partial charge in [-0.3, -0.25) is 4.90 Å². The lowest BCUT2D eigenvalue weighted by Gasteiger charge is -2.34. The van der Waals surface area contributed by atoms with Gasteiger partial charge in [-0.25, -0.2) is 9.59 Å². The number of carboxylic acid groups (broad SMARTS) is 1. The zero-order valence-electron chi connectivity index (χ0n) is 13.0. The Morgan fingerprint density at radius 1 is 1.25 bits per heavy atom. The molecule has 1 heterocycles. The number of carbonyl (C=O) groups is 2. The highest BCUT2D eigenvalue weighted by Crippen LogP contribution is 2.30. The van der Waals surface area contributed by atoms with Gasteiger partial charge in [0, 0.05) is 18.8 Å². The Labute approximate surface area is 125 Å². The zero-order valence-corrected chi connectivity index (χ0v) is 13.8. The van der Waals surface area contributed by atoms with Crippen LogP contribution >= 0.6 is 11.8 Å². The summed E-state index contributed by atoms with van der Waals surface area (Å²) in [5, 5.41) is 9.19. The maximum absolute atomic E-state index is 12.7. The van der Waals surface area contributed by atoms with Crippen molar-refractivity contribution in [1.29, 1.82) is 0 Å². The number of hydrogen-bond donors (Lipinski definition) is 1. The molecule has 1 saturated heterocycles. The predicted octanol–water partition coefficient (Wildman–Crippen LogP) is 2.57. The minimum Gasteiger partial charge on any atom is -0.480 e. The van der Waals surface area contributed by atoms with E-state index < -0.39 is 12.0 Å². The van der Waals surface area contributed by atoms with Gasteiger partial charge in [-0.05, 0) is 18.8 Å². The van der Waals surface area contributed by atoms with Crippen molar-refractivity contribution in [2.45, 2.75) is 46.0 Å². The molecule has 1 aliphatic rings. The van der Waals surface area contributed by atoms with Crippen LogP contribution in [0.2, 0.25) is 0 Å². The normalized spacial score (nSPS) is 22.6. The largest absolute Gasteiger partial charge is 0.480 e. The number of nitrogens with zero attached hydrogens (tertiary/aromatic N) is 2. The van der Waals surface area contributed by atoms with E-state index in [2.05, 4.69) is 27.7 Å². The minimum absolute atomic E-state index is 0.0783. The fourth-order valence-corrected chi connectivity index (χ4v) is 3.56. The SMILES string of the molecule is CC(C)CN(CC(C)C)C(=O)N1C(C)SCC1C(=O)O. The summed E-state index contributed by atoms with van der Waals surface area (Å²) in [4.78, 5) is 27.3. The molecule has 0 spiro atoms. The van der Waals surface area contributed by atoms with Crippen LogP contribution < -0.4 is 0 Å². The maximum Gasteiger partial charge on any atom is 0.327 e. The topological polar surface area (TPSA) is 60.9 Å². The van der Waals surface area contributed by atoms with Gasteiger partial charge in [-0.15, -0.1) is 11.8 Å². The van der Waals surface area contributed by atoms with Crippen molar-refractivity contribution in [1.82, 2.24) is 9.80 Å². The highest BCUT2D eigenvalue weighted by Gasteiger charge is 2.41. The van der Waals surface area contributed by atoms with E-state index in [0.717, 1.165) is 0 Å². The monoisotopic (exact) mass is 302 g/mol. The number of carbonyl (C=O) groups excluding carboxylic acids is 1. The van der Waals surface area contributed by atoms with Crippen LogP contribution in [0.5, 0.6) is 0 Å². The molecule has 2 amide bonds. The maximum atomic E-state index is 12.7. The summed E-state index contributed by atoms with van der Waals surface area (Å²) in [7, 11) is 0. The first-order valence-corrected chi connectivity index (χ1v) is 8.20. The third kappa shape index (κ3) is 4.30. The molecule has 0 aromatic rings. The molecule has 2 unspecified atom stereocenters. The van der Waals surface area contributed by atoms with Crippen LogP contribution in [0.1, 0.15) is 34.6 Å². The van der Waals surface area contributed by atoms with Gasteiger partial charge in [0.25, 0.3) is 0 Å². The van der Waals surface area contributed by atoms with Gasteiger partial charge in [-0.1, -0.05) is 27.7 Å². The molecule has 1 N–H and O–H groups in total. The van der Waals surface area contributed by atoms with E-state index in [1.54, 1.807) is 4.90 Å². The second-order valence-corrected chi connectivity index (χ2v) is 7.52. The lowest BCUT2D eigenvalue weighted by atomic mass is 10.1. The molecular weight excluding hydrogens is 276 g/mol. The Hall–Kier alpha value is -0.910. The first kappa shape index (κ1) is 17.1. The molecule has 6 heteroatoms. The Bertz CT molecular complexity index is 350. The third-order valence-electron chi connectivity index (χ3n) is 3.17. The fourth-order valence-electron chi connectivity index (χ4n) is 2.40. The molecule has 20 heavy (non-hydrogen) atoms. The molecule has 0 radical (unpaired) electrons. The lowest BCUT2D eigenvalue weighted by Crippen LogP contribution is -2.52. The summed E-state index contributed by atoms with van der Waals surface area (Å²) in [5.41, 5.74) is 0. The molecule has 5 nitrogen and oxygen atoms in total. The average molecular weight is 302 g/mol. The summed E-state index contributed by atoms with van der Waals surface area (Å²) < 4.78 is 0. The zero-order chi connectivity index (χ0) is 15.4. The molecular formula is C14H26N2O3S. The third-order valence-corrected chi connectivity index (χ3v) is 4.39. The number of rotatable bonds is 5. The van der Waals surface area contributed by atoms with E-state index >= 15 is 0 Å². The second-order valence-electron chi connectivity index (χ2n) is 6.17. The van der Waals surface area contributed by atoms with Crippen molar-refractivity contribution < 1.29 is 14.7 Å². The quantitative estimate of drug-likeness (QED) is 0.848. The van der Waals surface area contributed by atoms with E-state index in [1.807, 2.05) is 6.92 Å². The van der Waals surface area contributed by atoms with Crippen molar-refractivity contribution in [3.8, 4) is 0 Å². The standard InChI is InChI=1S/C14H26N2O3S/c1-9(2)6-15(7-10(3)4)14(19)16-11(5)20-8-12(16)13(17)18/h9-12H,6-8H2,1-5H3,(H,17,18). The summed E-state index contributed by atoms with van der Waals surface area (Å²) in [6, 6.07) is -0.846. The van der Waals surface area contributed by atoms with E-state index in [9.17, 15) is 14.7 Å². The molecule has 0 aliphatic carbocycles. The summed E-state index contributed by atoms with van der Waals surface area (Å²) in [6.07, 6.45) is 0. The molecule has 1 aliphatic heterocycles. The van der Waals surface area contributed by atoms with Crippen LogP contribution in [0.25, 0.3) is 0 Å². The number of hydrogen-bond acceptors (Lipinski definition) is 3. The molecule has 0 aromatic heterocycles. The molecule has 1 fully saturated rings. The van der Waals surface area contributed by atoms with Crippen LogP contribution in [0.4, 0.5) is 4.79 Å². The van der Waals surface area contributed by atoms with Crippen molar-refractivity contribution in [2.75, 3.05) is 18.8 Å². The van der Waals surface area contributed by atoms with E-state index in [1.165, 1.54) is 16.7 Å². The number of thioether (sulfide) groups is 1. The number of amides is 2. The average Bonchev–Trinajstić information content (AvgIpc) is 2.68. The fraction of sp³-hybridized carbons (Fsp3) is 0.857. The molecule has 2 atom stereocenters. The van der Waals surface area contributed by atoms with Crippen molar-refractivity contribution in [3.05, 3.63) is 0 Å². The van der Waals surface area contributed by atoms with E-state index in [-0.39, 0.29) is 11.4 Å². The van der Waals surface area contributed by atoms with Crippen molar-refractivity contribution >= 4 is 23.8 Å². The summed E-state index contributed by atoms with van der Waals surface area (Å²) >= 11 is 1.52. The Balaban J connectivity index is 2.88. The molecule has 116 valence electrons. The summed E-state index contributed by atoms with van der Waals surface area (Å²) in [5.74, 6) is 0.293. The van der Waals surface area contributed by atoms with Gasteiger partial charge < -0.3 is 10.0 Å². The van der Waals surface area contributed by atoms with Gasteiger partial charge in [0.1, 0.15) is 6.04 Å². The number of carboxylic acids is 1. The second kappa shape index (κ2) is 7.20. The smallest absolute Gasteiger partial charge is 0.327 e. The highest BCUT2D eigenvalue weighted by molar-refractivity contribution is 8.00. The molecule has 0 saturated carbocycles. The van der Waals surface area contributed by atoms with Crippen molar-refractivity contribution in [2.24, 2.45) is 11.8 Å². The van der Waals surface area contributed by atoms with Crippen molar-refractivity contribution in [3.63, 3.8) is 0 Å². The Morgan fingerprint density at radius 3 is 2.15 bits per heavy atom. The first-order chi connectivity index (χ1) is 9.23. The number of urea groups is 1. The van der Waals surface area contributed by atoms with Gasteiger partial charge in [0.2, 0.25) is 0 Å².